The van der Waals surface area contributed by atoms with Gasteiger partial charge in [-0.1, -0.05) is 91.0 Å². The maximum atomic E-state index is 6.66. The van der Waals surface area contributed by atoms with Gasteiger partial charge in [0.2, 0.25) is 0 Å². The minimum absolute atomic E-state index is 0.248. The molecule has 0 bridgehead atoms. The predicted octanol–water partition coefficient (Wildman–Crippen LogP) is 4.56. The van der Waals surface area contributed by atoms with Crippen molar-refractivity contribution < 1.29 is 0 Å². The molecule has 1 nitrogen and oxygen atoms in total. The predicted molar refractivity (Wildman–Crippen MR) is 96.0 cm³/mol. The summed E-state index contributed by atoms with van der Waals surface area (Å²) in [7, 11) is 0. The van der Waals surface area contributed by atoms with Gasteiger partial charge in [0.05, 0.1) is 10.8 Å². The van der Waals surface area contributed by atoms with Crippen molar-refractivity contribution in [3.8, 4) is 0 Å². The van der Waals surface area contributed by atoms with Crippen LogP contribution < -0.4 is 5.73 Å². The summed E-state index contributed by atoms with van der Waals surface area (Å²) in [5.74, 6) is 0. The Hall–Kier alpha value is -2.03. The highest BCUT2D eigenvalue weighted by atomic mass is 32.1. The zero-order chi connectivity index (χ0) is 15.4. The smallest absolute Gasteiger partial charge is 0.0819 e. The van der Waals surface area contributed by atoms with Gasteiger partial charge in [0.1, 0.15) is 0 Å². The van der Waals surface area contributed by atoms with Crippen LogP contribution in [0.1, 0.15) is 22.7 Å². The summed E-state index contributed by atoms with van der Waals surface area (Å²) in [6, 6.07) is 30.4. The summed E-state index contributed by atoms with van der Waals surface area (Å²) < 4.78 is -0.579. The molecule has 0 saturated heterocycles. The monoisotopic (exact) mass is 305 g/mol. The van der Waals surface area contributed by atoms with E-state index in [1.54, 1.807) is 0 Å². The van der Waals surface area contributed by atoms with E-state index < -0.39 is 4.75 Å². The molecule has 1 unspecified atom stereocenters. The van der Waals surface area contributed by atoms with E-state index in [0.29, 0.717) is 0 Å². The van der Waals surface area contributed by atoms with Crippen molar-refractivity contribution in [1.82, 2.24) is 0 Å². The van der Waals surface area contributed by atoms with Crippen molar-refractivity contribution in [2.75, 3.05) is 0 Å². The number of nitrogens with two attached hydrogens (primary N) is 1. The molecule has 110 valence electrons. The Morgan fingerprint density at radius 1 is 0.636 bits per heavy atom. The molecule has 0 amide bonds. The van der Waals surface area contributed by atoms with Crippen LogP contribution in [0, 0.1) is 0 Å². The highest BCUT2D eigenvalue weighted by molar-refractivity contribution is 7.81. The molecule has 0 heterocycles. The first-order valence-corrected chi connectivity index (χ1v) is 7.81. The molecule has 3 aromatic carbocycles. The van der Waals surface area contributed by atoms with E-state index in [1.807, 2.05) is 54.6 Å². The summed E-state index contributed by atoms with van der Waals surface area (Å²) >= 11 is 5.08. The third-order valence-corrected chi connectivity index (χ3v) is 4.83. The second-order valence-electron chi connectivity index (χ2n) is 5.39. The first-order chi connectivity index (χ1) is 10.7. The van der Waals surface area contributed by atoms with Gasteiger partial charge in [-0.25, -0.2) is 0 Å². The second-order valence-corrected chi connectivity index (χ2v) is 6.09. The zero-order valence-electron chi connectivity index (χ0n) is 12.3. The van der Waals surface area contributed by atoms with E-state index in [9.17, 15) is 0 Å². The Morgan fingerprint density at radius 2 is 1.00 bits per heavy atom. The molecule has 0 aliphatic carbocycles. The fourth-order valence-electron chi connectivity index (χ4n) is 2.81. The maximum absolute atomic E-state index is 6.66. The number of hydrogen-bond acceptors (Lipinski definition) is 2. The number of benzene rings is 3. The van der Waals surface area contributed by atoms with Crippen molar-refractivity contribution in [2.24, 2.45) is 5.73 Å². The fraction of sp³-hybridized carbons (Fsp3) is 0.100. The molecule has 3 aromatic rings. The fourth-order valence-corrected chi connectivity index (χ4v) is 3.26. The van der Waals surface area contributed by atoms with Gasteiger partial charge >= 0.3 is 0 Å². The molecule has 0 aliphatic heterocycles. The normalized spacial score (nSPS) is 12.8. The van der Waals surface area contributed by atoms with E-state index in [-0.39, 0.29) is 6.04 Å². The lowest BCUT2D eigenvalue weighted by Crippen LogP contribution is -2.35. The first-order valence-electron chi connectivity index (χ1n) is 7.37. The van der Waals surface area contributed by atoms with Crippen molar-refractivity contribution in [2.45, 2.75) is 10.8 Å². The summed E-state index contributed by atoms with van der Waals surface area (Å²) in [6.45, 7) is 0. The number of thiol groups is 1. The van der Waals surface area contributed by atoms with Crippen LogP contribution in [0.15, 0.2) is 91.0 Å². The summed E-state index contributed by atoms with van der Waals surface area (Å²) in [5, 5.41) is 0. The Labute approximate surface area is 137 Å². The molecule has 0 spiro atoms. The maximum Gasteiger partial charge on any atom is 0.0819 e. The SMILES string of the molecule is NC(c1ccccc1)C(S)(c1ccccc1)c1ccccc1. The first kappa shape index (κ1) is 14.9. The van der Waals surface area contributed by atoms with Gasteiger partial charge in [0, 0.05) is 0 Å². The van der Waals surface area contributed by atoms with Crippen LogP contribution in [0.2, 0.25) is 0 Å². The van der Waals surface area contributed by atoms with Gasteiger partial charge in [-0.2, -0.15) is 12.6 Å². The average molecular weight is 305 g/mol. The lowest BCUT2D eigenvalue weighted by molar-refractivity contribution is 0.583. The third-order valence-electron chi connectivity index (χ3n) is 4.04. The van der Waals surface area contributed by atoms with Crippen LogP contribution in [0.3, 0.4) is 0 Å². The Balaban J connectivity index is 2.16. The lowest BCUT2D eigenvalue weighted by Gasteiger charge is -2.36. The molecule has 1 atom stereocenters. The minimum atomic E-state index is -0.579. The van der Waals surface area contributed by atoms with E-state index in [2.05, 4.69) is 36.4 Å². The molecule has 0 aliphatic rings. The molecule has 2 N–H and O–H groups in total. The van der Waals surface area contributed by atoms with Gasteiger partial charge in [-0.15, -0.1) is 0 Å². The lowest BCUT2D eigenvalue weighted by atomic mass is 9.81. The van der Waals surface area contributed by atoms with E-state index in [4.69, 9.17) is 18.4 Å². The van der Waals surface area contributed by atoms with Crippen LogP contribution >= 0.6 is 12.6 Å². The van der Waals surface area contributed by atoms with Crippen LogP contribution in [0.25, 0.3) is 0 Å². The molecule has 2 heteroatoms. The molecule has 0 radical (unpaired) electrons. The second kappa shape index (κ2) is 6.39. The summed E-state index contributed by atoms with van der Waals surface area (Å²) in [5.41, 5.74) is 9.93. The van der Waals surface area contributed by atoms with Gasteiger partial charge in [-0.3, -0.25) is 0 Å². The number of hydrogen-bond donors (Lipinski definition) is 2. The Bertz CT molecular complexity index is 671. The molecular formula is C20H19NS. The minimum Gasteiger partial charge on any atom is -0.322 e. The van der Waals surface area contributed by atoms with Crippen LogP contribution in [-0.2, 0) is 4.75 Å². The van der Waals surface area contributed by atoms with Crippen molar-refractivity contribution >= 4 is 12.6 Å². The topological polar surface area (TPSA) is 26.0 Å². The third kappa shape index (κ3) is 2.68. The highest BCUT2D eigenvalue weighted by Crippen LogP contribution is 2.45. The molecule has 0 saturated carbocycles. The van der Waals surface area contributed by atoms with E-state index in [0.717, 1.165) is 16.7 Å². The summed E-state index contributed by atoms with van der Waals surface area (Å²) in [6.07, 6.45) is 0. The molecule has 0 aromatic heterocycles. The van der Waals surface area contributed by atoms with Gasteiger partial charge in [0.25, 0.3) is 0 Å². The average Bonchev–Trinajstić information content (AvgIpc) is 2.62. The number of rotatable bonds is 4. The van der Waals surface area contributed by atoms with E-state index in [1.165, 1.54) is 0 Å². The van der Waals surface area contributed by atoms with Crippen LogP contribution in [-0.4, -0.2) is 0 Å². The summed E-state index contributed by atoms with van der Waals surface area (Å²) in [4.78, 5) is 0. The van der Waals surface area contributed by atoms with Crippen LogP contribution in [0.5, 0.6) is 0 Å². The Kier molecular flexibility index (Phi) is 4.32. The van der Waals surface area contributed by atoms with Gasteiger partial charge in [-0.05, 0) is 16.7 Å². The van der Waals surface area contributed by atoms with Crippen molar-refractivity contribution in [3.05, 3.63) is 108 Å². The van der Waals surface area contributed by atoms with Crippen LogP contribution in [0.4, 0.5) is 0 Å². The molecular weight excluding hydrogens is 286 g/mol. The standard InChI is InChI=1S/C20H19NS/c21-19(16-10-4-1-5-11-16)20(22,17-12-6-2-7-13-17)18-14-8-3-9-15-18/h1-15,19,22H,21H2. The zero-order valence-corrected chi connectivity index (χ0v) is 13.2. The van der Waals surface area contributed by atoms with Gasteiger partial charge < -0.3 is 5.73 Å². The highest BCUT2D eigenvalue weighted by Gasteiger charge is 2.37. The van der Waals surface area contributed by atoms with Crippen molar-refractivity contribution in [3.63, 3.8) is 0 Å². The quantitative estimate of drug-likeness (QED) is 0.679. The largest absolute Gasteiger partial charge is 0.322 e. The molecule has 3 rings (SSSR count). The van der Waals surface area contributed by atoms with Gasteiger partial charge in [0.15, 0.2) is 0 Å². The Morgan fingerprint density at radius 3 is 1.41 bits per heavy atom. The van der Waals surface area contributed by atoms with E-state index >= 15 is 0 Å². The molecule has 22 heavy (non-hydrogen) atoms. The molecule has 0 fully saturated rings. The van der Waals surface area contributed by atoms with Crippen molar-refractivity contribution in [1.29, 1.82) is 0 Å².